The maximum Gasteiger partial charge on any atom is 0.497 e. The Balaban J connectivity index is 1.53. The first kappa shape index (κ1) is 28.6. The van der Waals surface area contributed by atoms with Crippen LogP contribution in [0.5, 0.6) is 5.75 Å². The van der Waals surface area contributed by atoms with Crippen LogP contribution in [0.3, 0.4) is 0 Å². The number of benzene rings is 1. The fraction of sp³-hybridized carbons (Fsp3) is 0.538. The van der Waals surface area contributed by atoms with Gasteiger partial charge in [0, 0.05) is 25.9 Å². The molecule has 4 rings (SSSR count). The first-order chi connectivity index (χ1) is 18.5. The van der Waals surface area contributed by atoms with Crippen LogP contribution in [0.1, 0.15) is 45.4 Å². The first-order valence-corrected chi connectivity index (χ1v) is 13.0. The number of unbranched alkanes of at least 4 members (excludes halogenated alkanes) is 2. The predicted molar refractivity (Wildman–Crippen MR) is 139 cm³/mol. The maximum atomic E-state index is 13.2. The summed E-state index contributed by atoms with van der Waals surface area (Å²) in [7, 11) is 1.35. The molecule has 1 unspecified atom stereocenters. The summed E-state index contributed by atoms with van der Waals surface area (Å²) in [5, 5.41) is 0.409. The number of hydroxylamine groups is 2. The highest BCUT2D eigenvalue weighted by Gasteiger charge is 2.53. The summed E-state index contributed by atoms with van der Waals surface area (Å²) in [6, 6.07) is 4.96. The molecular weight excluding hydrogens is 519 g/mol. The van der Waals surface area contributed by atoms with Gasteiger partial charge in [-0.25, -0.2) is 9.78 Å². The molecule has 13 heteroatoms. The number of morpholine rings is 1. The number of hydrogen-bond acceptors (Lipinski definition) is 8. The number of alkyl halides is 3. The molecule has 39 heavy (non-hydrogen) atoms. The standard InChI is InChI=1S/C26H33F3N5O5/c1-3-4-7-20-32-22-23(34(20,2)39-25(36)26(27,28)29)18-16-17(9-10-19(18)31-24(22)30)38-13-6-5-8-21(35)33-11-14-37-15-12-33/h9-10,16H,3-8,11-15H2,1-2H3,(H2,30,31)/q+1. The van der Waals surface area contributed by atoms with Crippen LogP contribution < -0.4 is 15.1 Å². The predicted octanol–water partition coefficient (Wildman–Crippen LogP) is 4.42. The number of quaternary nitrogens is 1. The van der Waals surface area contributed by atoms with E-state index in [2.05, 4.69) is 9.98 Å². The van der Waals surface area contributed by atoms with Crippen LogP contribution in [0, 0.1) is 0 Å². The topological polar surface area (TPSA) is 116 Å². The van der Waals surface area contributed by atoms with Crippen LogP contribution in [0.25, 0.3) is 10.9 Å². The summed E-state index contributed by atoms with van der Waals surface area (Å²) >= 11 is 0. The molecule has 0 bridgehead atoms. The second-order valence-electron chi connectivity index (χ2n) is 9.60. The zero-order valence-electron chi connectivity index (χ0n) is 22.1. The van der Waals surface area contributed by atoms with Crippen molar-refractivity contribution in [3.05, 3.63) is 18.2 Å². The molecule has 0 aliphatic carbocycles. The average Bonchev–Trinajstić information content (AvgIpc) is 3.19. The van der Waals surface area contributed by atoms with Gasteiger partial charge in [0.05, 0.1) is 30.7 Å². The van der Waals surface area contributed by atoms with Crippen molar-refractivity contribution in [1.29, 1.82) is 0 Å². The van der Waals surface area contributed by atoms with Crippen molar-refractivity contribution >= 4 is 45.8 Å². The van der Waals surface area contributed by atoms with Gasteiger partial charge in [0.1, 0.15) is 12.8 Å². The molecule has 2 aromatic rings. The van der Waals surface area contributed by atoms with Gasteiger partial charge in [-0.15, -0.1) is 0 Å². The van der Waals surface area contributed by atoms with E-state index >= 15 is 0 Å². The number of carbonyl (C=O) groups is 2. The van der Waals surface area contributed by atoms with E-state index in [1.54, 1.807) is 23.1 Å². The first-order valence-electron chi connectivity index (χ1n) is 13.0. The number of ether oxygens (including phenoxy) is 2. The van der Waals surface area contributed by atoms with Gasteiger partial charge in [-0.05, 0) is 37.5 Å². The molecule has 1 atom stereocenters. The number of fused-ring (bicyclic) bond motifs is 3. The van der Waals surface area contributed by atoms with Crippen molar-refractivity contribution < 1.29 is 37.1 Å². The van der Waals surface area contributed by atoms with E-state index in [4.69, 9.17) is 20.0 Å². The van der Waals surface area contributed by atoms with E-state index in [-0.39, 0.29) is 28.9 Å². The summed E-state index contributed by atoms with van der Waals surface area (Å²) in [5.74, 6) is -1.54. The van der Waals surface area contributed by atoms with Crippen molar-refractivity contribution in [3.8, 4) is 5.75 Å². The van der Waals surface area contributed by atoms with Crippen LogP contribution in [0.15, 0.2) is 23.2 Å². The molecule has 0 spiro atoms. The van der Waals surface area contributed by atoms with Gasteiger partial charge in [0.15, 0.2) is 11.5 Å². The number of rotatable bonds is 10. The minimum absolute atomic E-state index is 0.0232. The summed E-state index contributed by atoms with van der Waals surface area (Å²) in [6.45, 7) is 4.59. The Labute approximate surface area is 224 Å². The summed E-state index contributed by atoms with van der Waals surface area (Å²) in [6.07, 6.45) is -1.82. The molecule has 1 amide bonds. The van der Waals surface area contributed by atoms with E-state index in [0.29, 0.717) is 81.7 Å². The third-order valence-electron chi connectivity index (χ3n) is 6.76. The van der Waals surface area contributed by atoms with Gasteiger partial charge < -0.3 is 20.1 Å². The Morgan fingerprint density at radius 1 is 1.18 bits per heavy atom. The highest BCUT2D eigenvalue weighted by atomic mass is 19.4. The third-order valence-corrected chi connectivity index (χ3v) is 6.76. The molecule has 2 aliphatic heterocycles. The zero-order chi connectivity index (χ0) is 28.2. The van der Waals surface area contributed by atoms with Crippen molar-refractivity contribution in [1.82, 2.24) is 14.5 Å². The van der Waals surface area contributed by atoms with Gasteiger partial charge in [-0.3, -0.25) is 9.63 Å². The fourth-order valence-corrected chi connectivity index (χ4v) is 4.68. The fourth-order valence-electron chi connectivity index (χ4n) is 4.68. The third kappa shape index (κ3) is 6.25. The molecule has 212 valence electrons. The number of nitrogens with zero attached hydrogens (tertiary/aromatic N) is 4. The largest absolute Gasteiger partial charge is 0.497 e. The highest BCUT2D eigenvalue weighted by Crippen LogP contribution is 2.49. The molecule has 2 aliphatic rings. The lowest BCUT2D eigenvalue weighted by Gasteiger charge is -2.28. The summed E-state index contributed by atoms with van der Waals surface area (Å²) in [5.41, 5.74) is 6.90. The lowest BCUT2D eigenvalue weighted by Crippen LogP contribution is -2.52. The monoisotopic (exact) mass is 552 g/mol. The van der Waals surface area contributed by atoms with Crippen LogP contribution in [-0.4, -0.2) is 73.7 Å². The van der Waals surface area contributed by atoms with Gasteiger partial charge in [-0.1, -0.05) is 18.0 Å². The van der Waals surface area contributed by atoms with E-state index in [1.807, 2.05) is 6.92 Å². The minimum Gasteiger partial charge on any atom is -0.494 e. The Morgan fingerprint density at radius 2 is 1.92 bits per heavy atom. The number of aliphatic imine (C=N–C) groups is 1. The number of halogens is 3. The minimum atomic E-state index is -5.19. The normalized spacial score (nSPS) is 19.1. The number of nitrogens with two attached hydrogens (primary N) is 1. The molecular formula is C26H33F3N5O5+. The maximum absolute atomic E-state index is 13.2. The van der Waals surface area contributed by atoms with E-state index in [0.717, 1.165) is 6.42 Å². The van der Waals surface area contributed by atoms with Gasteiger partial charge >= 0.3 is 12.1 Å². The SMILES string of the molecule is CCCCC1=Nc2c(N)nc3ccc(OCCCCC(=O)N4CCOCC4)cc3c2[N+]1(C)OC(=O)C(F)(F)F. The number of aromatic nitrogens is 1. The molecule has 1 aromatic carbocycles. The van der Waals surface area contributed by atoms with Crippen molar-refractivity contribution in [3.63, 3.8) is 0 Å². The number of amides is 1. The van der Waals surface area contributed by atoms with Crippen molar-refractivity contribution in [2.45, 2.75) is 51.6 Å². The number of nitrogen functional groups attached to an aromatic ring is 1. The molecule has 2 N–H and O–H groups in total. The summed E-state index contributed by atoms with van der Waals surface area (Å²) in [4.78, 5) is 40.0. The Bertz CT molecular complexity index is 1260. The number of hydrogen-bond donors (Lipinski definition) is 1. The number of anilines is 1. The number of pyridine rings is 1. The quantitative estimate of drug-likeness (QED) is 0.343. The van der Waals surface area contributed by atoms with Crippen LogP contribution in [-0.2, 0) is 19.2 Å². The average molecular weight is 553 g/mol. The number of amidine groups is 1. The van der Waals surface area contributed by atoms with Gasteiger partial charge in [0.25, 0.3) is 5.84 Å². The molecule has 3 heterocycles. The highest BCUT2D eigenvalue weighted by molar-refractivity contribution is 6.12. The van der Waals surface area contributed by atoms with Gasteiger partial charge in [0.2, 0.25) is 11.6 Å². The van der Waals surface area contributed by atoms with Crippen LogP contribution in [0.2, 0.25) is 0 Å². The lowest BCUT2D eigenvalue weighted by atomic mass is 10.1. The van der Waals surface area contributed by atoms with Crippen LogP contribution >= 0.6 is 0 Å². The second-order valence-corrected chi connectivity index (χ2v) is 9.60. The van der Waals surface area contributed by atoms with E-state index in [1.165, 1.54) is 7.05 Å². The second kappa shape index (κ2) is 11.7. The Kier molecular flexibility index (Phi) is 8.60. The van der Waals surface area contributed by atoms with Crippen LogP contribution in [0.4, 0.5) is 30.4 Å². The summed E-state index contributed by atoms with van der Waals surface area (Å²) < 4.78 is 49.9. The molecule has 1 fully saturated rings. The molecule has 1 saturated heterocycles. The Morgan fingerprint density at radius 3 is 2.62 bits per heavy atom. The van der Waals surface area contributed by atoms with E-state index < -0.39 is 16.8 Å². The smallest absolute Gasteiger partial charge is 0.494 e. The zero-order valence-corrected chi connectivity index (χ0v) is 22.1. The van der Waals surface area contributed by atoms with E-state index in [9.17, 15) is 22.8 Å². The molecule has 0 radical (unpaired) electrons. The Hall–Kier alpha value is -3.45. The number of carbonyl (C=O) groups excluding carboxylic acids is 2. The molecule has 1 aromatic heterocycles. The van der Waals surface area contributed by atoms with Gasteiger partial charge in [-0.2, -0.15) is 18.2 Å². The molecule has 10 nitrogen and oxygen atoms in total. The lowest BCUT2D eigenvalue weighted by molar-refractivity contribution is -0.220. The molecule has 0 saturated carbocycles. The van der Waals surface area contributed by atoms with Crippen molar-refractivity contribution in [2.75, 3.05) is 45.7 Å². The van der Waals surface area contributed by atoms with Crippen molar-refractivity contribution in [2.24, 2.45) is 4.99 Å².